The lowest BCUT2D eigenvalue weighted by atomic mass is 9.75. The van der Waals surface area contributed by atoms with Crippen LogP contribution in [0.2, 0.25) is 0 Å². The summed E-state index contributed by atoms with van der Waals surface area (Å²) in [6, 6.07) is 12.2. The van der Waals surface area contributed by atoms with Crippen LogP contribution in [0.3, 0.4) is 0 Å². The van der Waals surface area contributed by atoms with Crippen molar-refractivity contribution in [3.63, 3.8) is 0 Å². The number of anilines is 2. The van der Waals surface area contributed by atoms with E-state index < -0.39 is 30.6 Å². The monoisotopic (exact) mass is 527 g/mol. The first-order valence-corrected chi connectivity index (χ1v) is 12.8. The molecule has 0 unspecified atom stereocenters. The molecule has 0 aliphatic carbocycles. The molecule has 3 aromatic carbocycles. The topological polar surface area (TPSA) is 59.0 Å². The van der Waals surface area contributed by atoms with E-state index in [9.17, 15) is 18.8 Å². The minimum Gasteiger partial charge on any atom is -0.423 e. The lowest BCUT2D eigenvalue weighted by Gasteiger charge is -2.44. The number of rotatable bonds is 8. The molecule has 3 aromatic rings. The van der Waals surface area contributed by atoms with Crippen LogP contribution in [0.4, 0.5) is 28.9 Å². The van der Waals surface area contributed by atoms with E-state index in [1.54, 1.807) is 24.3 Å². The van der Waals surface area contributed by atoms with Gasteiger partial charge in [0.25, 0.3) is 0 Å². The van der Waals surface area contributed by atoms with Crippen LogP contribution >= 0.6 is 0 Å². The normalized spacial score (nSPS) is 19.7. The minimum absolute atomic E-state index is 0.0220. The molecule has 2 atom stereocenters. The summed E-state index contributed by atoms with van der Waals surface area (Å²) in [6.07, 6.45) is 0.961. The van der Waals surface area contributed by atoms with E-state index in [4.69, 9.17) is 0 Å². The third kappa shape index (κ3) is 5.25. The highest BCUT2D eigenvalue weighted by molar-refractivity contribution is 6.58. The lowest BCUT2D eigenvalue weighted by Crippen LogP contribution is -2.54. The molecule has 200 valence electrons. The fourth-order valence-corrected chi connectivity index (χ4v) is 5.65. The number of alkyl halides is 1. The number of hydrogen-bond donors (Lipinski definition) is 3. The van der Waals surface area contributed by atoms with E-state index in [2.05, 4.69) is 10.2 Å². The molecule has 0 amide bonds. The van der Waals surface area contributed by atoms with Crippen LogP contribution in [0.1, 0.15) is 36.1 Å². The van der Waals surface area contributed by atoms with Gasteiger partial charge in [0, 0.05) is 37.1 Å². The van der Waals surface area contributed by atoms with Gasteiger partial charge < -0.3 is 20.3 Å². The number of halogens is 4. The van der Waals surface area contributed by atoms with Crippen molar-refractivity contribution in [1.82, 2.24) is 4.90 Å². The van der Waals surface area contributed by atoms with Crippen LogP contribution < -0.4 is 15.7 Å². The summed E-state index contributed by atoms with van der Waals surface area (Å²) in [4.78, 5) is 3.96. The van der Waals surface area contributed by atoms with Gasteiger partial charge >= 0.3 is 7.12 Å². The fourth-order valence-electron chi connectivity index (χ4n) is 5.65. The van der Waals surface area contributed by atoms with Gasteiger partial charge in [-0.1, -0.05) is 18.2 Å². The zero-order chi connectivity index (χ0) is 27.0. The second kappa shape index (κ2) is 11.0. The fraction of sp³-hybridized carbons (Fsp3) is 0.357. The molecule has 2 aliphatic heterocycles. The first kappa shape index (κ1) is 26.5. The largest absolute Gasteiger partial charge is 0.488 e. The summed E-state index contributed by atoms with van der Waals surface area (Å²) >= 11 is 0. The highest BCUT2D eigenvalue weighted by atomic mass is 19.1. The third-order valence-electron chi connectivity index (χ3n) is 7.44. The van der Waals surface area contributed by atoms with E-state index >= 15 is 8.78 Å². The molecule has 0 aromatic heterocycles. The highest BCUT2D eigenvalue weighted by Crippen LogP contribution is 2.43. The van der Waals surface area contributed by atoms with Gasteiger partial charge in [-0.25, -0.2) is 13.2 Å². The lowest BCUT2D eigenvalue weighted by molar-refractivity contribution is 0.155. The van der Waals surface area contributed by atoms with Gasteiger partial charge in [0.1, 0.15) is 17.5 Å². The molecule has 0 bridgehead atoms. The number of nitrogens with one attached hydrogen (secondary N) is 1. The second-order valence-corrected chi connectivity index (χ2v) is 10.2. The maximum absolute atomic E-state index is 15.8. The van der Waals surface area contributed by atoms with Crippen molar-refractivity contribution in [2.24, 2.45) is 0 Å². The summed E-state index contributed by atoms with van der Waals surface area (Å²) in [5.74, 6) is -1.85. The molecule has 1 fully saturated rings. The Balaban J connectivity index is 1.51. The molecule has 2 heterocycles. The number of likely N-dealkylation sites (tertiary alicyclic amines) is 1. The number of nitrogens with zero attached hydrogens (tertiary/aromatic N) is 2. The maximum Gasteiger partial charge on any atom is 0.488 e. The molecular weight excluding hydrogens is 497 g/mol. The summed E-state index contributed by atoms with van der Waals surface area (Å²) in [5, 5.41) is 22.5. The van der Waals surface area contributed by atoms with E-state index in [1.807, 2.05) is 11.8 Å². The van der Waals surface area contributed by atoms with Crippen molar-refractivity contribution >= 4 is 24.0 Å². The number of benzene rings is 3. The van der Waals surface area contributed by atoms with E-state index in [1.165, 1.54) is 30.3 Å². The summed E-state index contributed by atoms with van der Waals surface area (Å²) in [7, 11) is -1.66. The molecule has 10 heteroatoms. The van der Waals surface area contributed by atoms with Gasteiger partial charge in [-0.05, 0) is 72.8 Å². The molecule has 0 radical (unpaired) electrons. The predicted octanol–water partition coefficient (Wildman–Crippen LogP) is 3.78. The number of hydrogen-bond acceptors (Lipinski definition) is 5. The van der Waals surface area contributed by atoms with Crippen molar-refractivity contribution < 1.29 is 27.6 Å². The molecule has 0 spiro atoms. The van der Waals surface area contributed by atoms with E-state index in [0.717, 1.165) is 5.56 Å². The summed E-state index contributed by atoms with van der Waals surface area (Å²) in [6.45, 7) is 3.56. The molecule has 0 saturated carbocycles. The van der Waals surface area contributed by atoms with Crippen molar-refractivity contribution in [1.29, 1.82) is 0 Å². The predicted molar refractivity (Wildman–Crippen MR) is 141 cm³/mol. The first-order chi connectivity index (χ1) is 18.2. The molecule has 38 heavy (non-hydrogen) atoms. The standard InChI is InChI=1S/C28H30BF4N3O2/c1-17-11-18-12-19(29(37)38)3-8-24(18)28(36(17)23-6-4-20(31)5-7-23)27-25(32)13-21(14-26(27)33)34-22-15-35(16-22)10-2-9-30/h3-8,12-14,17,22,28,34,37-38H,2,9-11,15-16H2,1H3/t17-,28+/m1/s1. The molecule has 5 nitrogen and oxygen atoms in total. The molecule has 3 N–H and O–H groups in total. The average molecular weight is 527 g/mol. The van der Waals surface area contributed by atoms with Crippen LogP contribution in [0.25, 0.3) is 0 Å². The Hall–Kier alpha value is -3.08. The SMILES string of the molecule is C[C@@H]1Cc2cc(B(O)O)ccc2[C@@H](c2c(F)cc(NC3CN(CCCF)C3)cc2F)N1c1ccc(F)cc1. The Morgan fingerprint density at radius 3 is 2.29 bits per heavy atom. The van der Waals surface area contributed by atoms with E-state index in [-0.39, 0.29) is 24.3 Å². The Morgan fingerprint density at radius 2 is 1.66 bits per heavy atom. The van der Waals surface area contributed by atoms with Crippen LogP contribution in [-0.2, 0) is 6.42 Å². The highest BCUT2D eigenvalue weighted by Gasteiger charge is 2.37. The molecule has 5 rings (SSSR count). The van der Waals surface area contributed by atoms with Crippen LogP contribution in [0.15, 0.2) is 54.6 Å². The van der Waals surface area contributed by atoms with Gasteiger partial charge in [0.05, 0.1) is 24.3 Å². The Morgan fingerprint density at radius 1 is 0.974 bits per heavy atom. The first-order valence-electron chi connectivity index (χ1n) is 12.8. The quantitative estimate of drug-likeness (QED) is 0.308. The van der Waals surface area contributed by atoms with Gasteiger partial charge in [-0.2, -0.15) is 0 Å². The maximum atomic E-state index is 15.8. The molecule has 2 aliphatic rings. The second-order valence-electron chi connectivity index (χ2n) is 10.2. The summed E-state index contributed by atoms with van der Waals surface area (Å²) in [5.41, 5.74) is 2.50. The van der Waals surface area contributed by atoms with E-state index in [0.29, 0.717) is 54.9 Å². The molecular formula is C28H30BF4N3O2. The van der Waals surface area contributed by atoms with Crippen molar-refractivity contribution in [3.8, 4) is 0 Å². The zero-order valence-electron chi connectivity index (χ0n) is 21.0. The summed E-state index contributed by atoms with van der Waals surface area (Å²) < 4.78 is 57.7. The Labute approximate surface area is 219 Å². The third-order valence-corrected chi connectivity index (χ3v) is 7.44. The minimum atomic E-state index is -1.66. The zero-order valence-corrected chi connectivity index (χ0v) is 21.0. The van der Waals surface area contributed by atoms with Crippen LogP contribution in [0.5, 0.6) is 0 Å². The van der Waals surface area contributed by atoms with Crippen LogP contribution in [0, 0.1) is 17.5 Å². The van der Waals surface area contributed by atoms with Crippen molar-refractivity contribution in [2.75, 3.05) is 36.5 Å². The van der Waals surface area contributed by atoms with Gasteiger partial charge in [0.15, 0.2) is 0 Å². The van der Waals surface area contributed by atoms with Gasteiger partial charge in [-0.3, -0.25) is 9.29 Å². The van der Waals surface area contributed by atoms with Crippen LogP contribution in [-0.4, -0.2) is 60.5 Å². The molecule has 1 saturated heterocycles. The van der Waals surface area contributed by atoms with Crippen molar-refractivity contribution in [3.05, 3.63) is 88.7 Å². The smallest absolute Gasteiger partial charge is 0.423 e. The Bertz CT molecular complexity index is 1260. The number of fused-ring (bicyclic) bond motifs is 1. The van der Waals surface area contributed by atoms with Crippen molar-refractivity contribution in [2.45, 2.75) is 37.9 Å². The van der Waals surface area contributed by atoms with Gasteiger partial charge in [-0.15, -0.1) is 0 Å². The Kier molecular flexibility index (Phi) is 7.65. The van der Waals surface area contributed by atoms with Gasteiger partial charge in [0.2, 0.25) is 0 Å². The average Bonchev–Trinajstić information content (AvgIpc) is 2.85.